The number of ether oxygens (including phenoxy) is 1. The Balaban J connectivity index is 3.83. The topological polar surface area (TPSA) is 53.3 Å². The van der Waals surface area contributed by atoms with Crippen LogP contribution in [-0.4, -0.2) is 37.1 Å². The average molecular weight is 184 g/mol. The van der Waals surface area contributed by atoms with E-state index in [1.165, 1.54) is 7.11 Å². The van der Waals surface area contributed by atoms with Gasteiger partial charge >= 0.3 is 5.97 Å². The van der Waals surface area contributed by atoms with Crippen LogP contribution in [0.2, 0.25) is 0 Å². The molecule has 0 rings (SSSR count). The van der Waals surface area contributed by atoms with Crippen molar-refractivity contribution < 1.29 is 9.53 Å². The fourth-order valence-electron chi connectivity index (χ4n) is 0.948. The van der Waals surface area contributed by atoms with Crippen molar-refractivity contribution in [3.8, 4) is 6.07 Å². The van der Waals surface area contributed by atoms with Crippen molar-refractivity contribution in [1.29, 1.82) is 5.26 Å². The van der Waals surface area contributed by atoms with Crippen molar-refractivity contribution in [1.82, 2.24) is 4.90 Å². The number of nitrogens with zero attached hydrogens (tertiary/aromatic N) is 2. The summed E-state index contributed by atoms with van der Waals surface area (Å²) in [6.07, 6.45) is 0.344. The Morgan fingerprint density at radius 1 is 1.62 bits per heavy atom. The van der Waals surface area contributed by atoms with Crippen molar-refractivity contribution in [3.05, 3.63) is 0 Å². The van der Waals surface area contributed by atoms with Gasteiger partial charge in [-0.2, -0.15) is 5.26 Å². The lowest BCUT2D eigenvalue weighted by molar-refractivity contribution is -0.141. The molecule has 0 aromatic carbocycles. The molecule has 0 aromatic rings. The quantitative estimate of drug-likeness (QED) is 0.468. The van der Waals surface area contributed by atoms with Crippen LogP contribution in [0.1, 0.15) is 20.3 Å². The molecule has 0 heterocycles. The predicted molar refractivity (Wildman–Crippen MR) is 49.0 cm³/mol. The Bertz CT molecular complexity index is 196. The first-order chi connectivity index (χ1) is 6.11. The van der Waals surface area contributed by atoms with Crippen LogP contribution in [0.4, 0.5) is 0 Å². The summed E-state index contributed by atoms with van der Waals surface area (Å²) in [5, 5.41) is 8.50. The van der Waals surface area contributed by atoms with Gasteiger partial charge in [-0.3, -0.25) is 9.69 Å². The summed E-state index contributed by atoms with van der Waals surface area (Å²) in [5.41, 5.74) is 0. The first kappa shape index (κ1) is 11.9. The second-order valence-electron chi connectivity index (χ2n) is 3.05. The molecule has 0 unspecified atom stereocenters. The molecule has 0 aliphatic carbocycles. The van der Waals surface area contributed by atoms with Gasteiger partial charge in [-0.25, -0.2) is 0 Å². The number of carbonyl (C=O) groups excluding carboxylic acids is 1. The lowest BCUT2D eigenvalue weighted by Crippen LogP contribution is -2.33. The van der Waals surface area contributed by atoms with Gasteiger partial charge in [-0.05, 0) is 13.8 Å². The molecule has 0 aliphatic rings. The van der Waals surface area contributed by atoms with E-state index in [0.29, 0.717) is 19.5 Å². The molecule has 13 heavy (non-hydrogen) atoms. The lowest BCUT2D eigenvalue weighted by atomic mass is 10.3. The van der Waals surface area contributed by atoms with E-state index in [9.17, 15) is 4.79 Å². The Hall–Kier alpha value is -1.08. The summed E-state index contributed by atoms with van der Waals surface area (Å²) in [6, 6.07) is 2.35. The minimum atomic E-state index is -0.233. The fraction of sp³-hybridized carbons (Fsp3) is 0.778. The van der Waals surface area contributed by atoms with Crippen LogP contribution < -0.4 is 0 Å². The third kappa shape index (κ3) is 5.21. The number of hydrogen-bond donors (Lipinski definition) is 0. The van der Waals surface area contributed by atoms with E-state index in [2.05, 4.69) is 10.8 Å². The van der Waals surface area contributed by atoms with E-state index in [-0.39, 0.29) is 12.0 Å². The van der Waals surface area contributed by atoms with Crippen molar-refractivity contribution in [2.24, 2.45) is 0 Å². The van der Waals surface area contributed by atoms with Gasteiger partial charge in [0.25, 0.3) is 0 Å². The number of esters is 1. The Kier molecular flexibility index (Phi) is 5.90. The number of methoxy groups -OCH3 is 1. The maximum atomic E-state index is 10.8. The number of nitriles is 1. The number of hydrogen-bond acceptors (Lipinski definition) is 4. The molecule has 0 fully saturated rings. The molecule has 0 atom stereocenters. The van der Waals surface area contributed by atoms with Crippen LogP contribution in [-0.2, 0) is 9.53 Å². The molecule has 74 valence electrons. The average Bonchev–Trinajstić information content (AvgIpc) is 2.11. The van der Waals surface area contributed by atoms with E-state index >= 15 is 0 Å². The summed E-state index contributed by atoms with van der Waals surface area (Å²) < 4.78 is 4.51. The highest BCUT2D eigenvalue weighted by atomic mass is 16.5. The highest BCUT2D eigenvalue weighted by molar-refractivity contribution is 5.69. The molecular weight excluding hydrogens is 168 g/mol. The molecule has 4 heteroatoms. The molecule has 0 aliphatic heterocycles. The third-order valence-corrected chi connectivity index (χ3v) is 1.83. The van der Waals surface area contributed by atoms with Crippen LogP contribution in [0.25, 0.3) is 0 Å². The smallest absolute Gasteiger partial charge is 0.306 e. The number of carbonyl (C=O) groups is 1. The second-order valence-corrected chi connectivity index (χ2v) is 3.05. The largest absolute Gasteiger partial charge is 0.469 e. The maximum Gasteiger partial charge on any atom is 0.306 e. The van der Waals surface area contributed by atoms with Gasteiger partial charge < -0.3 is 4.74 Å². The van der Waals surface area contributed by atoms with Gasteiger partial charge in [0.2, 0.25) is 0 Å². The highest BCUT2D eigenvalue weighted by Crippen LogP contribution is 1.99. The molecule has 0 aromatic heterocycles. The molecule has 0 N–H and O–H groups in total. The van der Waals surface area contributed by atoms with E-state index in [1.807, 2.05) is 18.7 Å². The summed E-state index contributed by atoms with van der Waals surface area (Å²) in [7, 11) is 1.37. The molecule has 0 saturated heterocycles. The van der Waals surface area contributed by atoms with Gasteiger partial charge in [0.05, 0.1) is 26.1 Å². The SMILES string of the molecule is COC(=O)CCN(CC#N)C(C)C. The van der Waals surface area contributed by atoms with Gasteiger partial charge in [0.15, 0.2) is 0 Å². The maximum absolute atomic E-state index is 10.8. The monoisotopic (exact) mass is 184 g/mol. The molecule has 0 saturated carbocycles. The zero-order chi connectivity index (χ0) is 10.3. The minimum Gasteiger partial charge on any atom is -0.469 e. The van der Waals surface area contributed by atoms with Crippen molar-refractivity contribution >= 4 is 5.97 Å². The Labute approximate surface area is 79.1 Å². The van der Waals surface area contributed by atoms with Gasteiger partial charge in [-0.15, -0.1) is 0 Å². The van der Waals surface area contributed by atoms with Crippen LogP contribution in [0.5, 0.6) is 0 Å². The molecule has 0 bridgehead atoms. The zero-order valence-electron chi connectivity index (χ0n) is 8.41. The van der Waals surface area contributed by atoms with Gasteiger partial charge in [-0.1, -0.05) is 0 Å². The van der Waals surface area contributed by atoms with Crippen molar-refractivity contribution in [3.63, 3.8) is 0 Å². The van der Waals surface area contributed by atoms with E-state index in [1.54, 1.807) is 0 Å². The van der Waals surface area contributed by atoms with E-state index in [0.717, 1.165) is 0 Å². The summed E-state index contributed by atoms with van der Waals surface area (Å²) in [4.78, 5) is 12.7. The molecule has 0 amide bonds. The van der Waals surface area contributed by atoms with Gasteiger partial charge in [0.1, 0.15) is 0 Å². The van der Waals surface area contributed by atoms with E-state index in [4.69, 9.17) is 5.26 Å². The highest BCUT2D eigenvalue weighted by Gasteiger charge is 2.10. The Morgan fingerprint density at radius 3 is 2.62 bits per heavy atom. The predicted octanol–water partition coefficient (Wildman–Crippen LogP) is 0.783. The summed E-state index contributed by atoms with van der Waals surface area (Å²) >= 11 is 0. The van der Waals surface area contributed by atoms with Crippen LogP contribution >= 0.6 is 0 Å². The Morgan fingerprint density at radius 2 is 2.23 bits per heavy atom. The van der Waals surface area contributed by atoms with Gasteiger partial charge in [0, 0.05) is 12.6 Å². The fourth-order valence-corrected chi connectivity index (χ4v) is 0.948. The summed E-state index contributed by atoms with van der Waals surface area (Å²) in [5.74, 6) is -0.233. The third-order valence-electron chi connectivity index (χ3n) is 1.83. The van der Waals surface area contributed by atoms with Crippen LogP contribution in [0, 0.1) is 11.3 Å². The number of rotatable bonds is 5. The standard InChI is InChI=1S/C9H16N2O2/c1-8(2)11(7-5-10)6-4-9(12)13-3/h8H,4,6-7H2,1-3H3. The molecule has 0 radical (unpaired) electrons. The van der Waals surface area contributed by atoms with E-state index < -0.39 is 0 Å². The zero-order valence-corrected chi connectivity index (χ0v) is 8.41. The molecule has 4 nitrogen and oxygen atoms in total. The second kappa shape index (κ2) is 6.44. The normalized spacial score (nSPS) is 10.2. The van der Waals surface area contributed by atoms with Crippen LogP contribution in [0.15, 0.2) is 0 Å². The molecule has 0 spiro atoms. The van der Waals surface area contributed by atoms with Crippen LogP contribution in [0.3, 0.4) is 0 Å². The van der Waals surface area contributed by atoms with Crippen molar-refractivity contribution in [2.45, 2.75) is 26.3 Å². The lowest BCUT2D eigenvalue weighted by Gasteiger charge is -2.22. The van der Waals surface area contributed by atoms with Crippen molar-refractivity contribution in [2.75, 3.05) is 20.2 Å². The minimum absolute atomic E-state index is 0.233. The summed E-state index contributed by atoms with van der Waals surface area (Å²) in [6.45, 7) is 4.93. The molecular formula is C9H16N2O2. The first-order valence-electron chi connectivity index (χ1n) is 4.29. The first-order valence-corrected chi connectivity index (χ1v) is 4.29.